The zero-order valence-electron chi connectivity index (χ0n) is 11.3. The van der Waals surface area contributed by atoms with Gasteiger partial charge < -0.3 is 15.6 Å². The maximum Gasteiger partial charge on any atom is 0.272 e. The Kier molecular flexibility index (Phi) is 3.27. The van der Waals surface area contributed by atoms with Crippen molar-refractivity contribution >= 4 is 16.9 Å². The van der Waals surface area contributed by atoms with E-state index in [1.807, 2.05) is 0 Å². The second kappa shape index (κ2) is 5.09. The van der Waals surface area contributed by atoms with Crippen LogP contribution < -0.4 is 16.2 Å². The van der Waals surface area contributed by atoms with Crippen molar-refractivity contribution in [3.8, 4) is 0 Å². The molecule has 1 saturated heterocycles. The van der Waals surface area contributed by atoms with E-state index in [0.717, 1.165) is 25.9 Å². The first-order valence-electron chi connectivity index (χ1n) is 6.73. The summed E-state index contributed by atoms with van der Waals surface area (Å²) in [5, 5.41) is 11.1. The molecule has 1 amide bonds. The van der Waals surface area contributed by atoms with Crippen molar-refractivity contribution in [2.75, 3.05) is 13.1 Å². The molecule has 3 heterocycles. The normalized spacial score (nSPS) is 16.4. The van der Waals surface area contributed by atoms with Crippen LogP contribution in [0.5, 0.6) is 0 Å². The predicted molar refractivity (Wildman–Crippen MR) is 74.7 cm³/mol. The van der Waals surface area contributed by atoms with Crippen LogP contribution in [0.3, 0.4) is 0 Å². The predicted octanol–water partition coefficient (Wildman–Crippen LogP) is -0.257. The van der Waals surface area contributed by atoms with E-state index >= 15 is 0 Å². The van der Waals surface area contributed by atoms with E-state index in [9.17, 15) is 9.59 Å². The maximum absolute atomic E-state index is 12.3. The first-order chi connectivity index (χ1) is 9.65. The average Bonchev–Trinajstić information content (AvgIpc) is 2.77. The Labute approximate surface area is 115 Å². The molecule has 0 aromatic carbocycles. The molecular formula is C13H17N5O2. The number of fused-ring (bicyclic) bond motifs is 1. The number of piperidine rings is 1. The molecule has 0 saturated carbocycles. The molecular weight excluding hydrogens is 258 g/mol. The zero-order chi connectivity index (χ0) is 14.1. The van der Waals surface area contributed by atoms with Crippen molar-refractivity contribution in [2.24, 2.45) is 7.05 Å². The molecule has 7 nitrogen and oxygen atoms in total. The summed E-state index contributed by atoms with van der Waals surface area (Å²) in [7, 11) is 1.71. The van der Waals surface area contributed by atoms with E-state index in [1.54, 1.807) is 13.1 Å². The molecule has 7 heteroatoms. The van der Waals surface area contributed by atoms with Gasteiger partial charge in [-0.05, 0) is 32.0 Å². The first kappa shape index (κ1) is 12.9. The van der Waals surface area contributed by atoms with E-state index in [4.69, 9.17) is 0 Å². The van der Waals surface area contributed by atoms with Crippen molar-refractivity contribution in [3.63, 3.8) is 0 Å². The molecule has 20 heavy (non-hydrogen) atoms. The fourth-order valence-electron chi connectivity index (χ4n) is 2.55. The number of aryl methyl sites for hydroxylation is 1. The topological polar surface area (TPSA) is 91.8 Å². The molecule has 2 aromatic rings. The minimum absolute atomic E-state index is 0.184. The lowest BCUT2D eigenvalue weighted by atomic mass is 10.1. The SMILES string of the molecule is Cn1nc(C(=O)NC2CCNCC2)c2ccc(=O)[nH]c21. The third-order valence-corrected chi connectivity index (χ3v) is 3.62. The van der Waals surface area contributed by atoms with Gasteiger partial charge in [0.25, 0.3) is 5.91 Å². The molecule has 106 valence electrons. The van der Waals surface area contributed by atoms with Crippen molar-refractivity contribution in [1.82, 2.24) is 25.4 Å². The summed E-state index contributed by atoms with van der Waals surface area (Å²) in [5.74, 6) is -0.186. The average molecular weight is 275 g/mol. The standard InChI is InChI=1S/C13H17N5O2/c1-18-12-9(2-3-10(19)16-12)11(17-18)13(20)15-8-4-6-14-7-5-8/h2-3,8,14H,4-7H2,1H3,(H,15,20)(H,16,19). The number of carbonyl (C=O) groups is 1. The smallest absolute Gasteiger partial charge is 0.272 e. The van der Waals surface area contributed by atoms with Gasteiger partial charge >= 0.3 is 0 Å². The zero-order valence-corrected chi connectivity index (χ0v) is 11.3. The van der Waals surface area contributed by atoms with Crippen LogP contribution in [-0.2, 0) is 7.05 Å². The first-order valence-corrected chi connectivity index (χ1v) is 6.73. The van der Waals surface area contributed by atoms with Crippen LogP contribution in [0, 0.1) is 0 Å². The van der Waals surface area contributed by atoms with Gasteiger partial charge in [-0.2, -0.15) is 5.10 Å². The molecule has 0 unspecified atom stereocenters. The van der Waals surface area contributed by atoms with E-state index in [0.29, 0.717) is 16.7 Å². The number of hydrogen-bond donors (Lipinski definition) is 3. The molecule has 3 rings (SSSR count). The number of rotatable bonds is 2. The molecule has 0 aliphatic carbocycles. The third kappa shape index (κ3) is 2.32. The minimum Gasteiger partial charge on any atom is -0.348 e. The molecule has 0 atom stereocenters. The molecule has 2 aromatic heterocycles. The summed E-state index contributed by atoms with van der Waals surface area (Å²) in [6.45, 7) is 1.84. The molecule has 1 fully saturated rings. The van der Waals surface area contributed by atoms with Crippen molar-refractivity contribution in [2.45, 2.75) is 18.9 Å². The number of carbonyl (C=O) groups excluding carboxylic acids is 1. The van der Waals surface area contributed by atoms with Gasteiger partial charge in [-0.25, -0.2) is 0 Å². The van der Waals surface area contributed by atoms with Gasteiger partial charge in [0.1, 0.15) is 5.65 Å². The fraction of sp³-hybridized carbons (Fsp3) is 0.462. The quantitative estimate of drug-likeness (QED) is 0.704. The van der Waals surface area contributed by atoms with Crippen LogP contribution in [-0.4, -0.2) is 39.8 Å². The lowest BCUT2D eigenvalue weighted by Crippen LogP contribution is -2.42. The Morgan fingerprint density at radius 3 is 2.90 bits per heavy atom. The summed E-state index contributed by atoms with van der Waals surface area (Å²) < 4.78 is 1.52. The Bertz CT molecular complexity index is 696. The highest BCUT2D eigenvalue weighted by molar-refractivity contribution is 6.04. The second-order valence-electron chi connectivity index (χ2n) is 5.05. The van der Waals surface area contributed by atoms with Crippen LogP contribution in [0.25, 0.3) is 11.0 Å². The fourth-order valence-corrected chi connectivity index (χ4v) is 2.55. The van der Waals surface area contributed by atoms with Gasteiger partial charge in [-0.3, -0.25) is 14.3 Å². The summed E-state index contributed by atoms with van der Waals surface area (Å²) in [4.78, 5) is 26.3. The minimum atomic E-state index is -0.203. The maximum atomic E-state index is 12.3. The van der Waals surface area contributed by atoms with Crippen molar-refractivity contribution in [1.29, 1.82) is 0 Å². The summed E-state index contributed by atoms with van der Waals surface area (Å²) in [6.07, 6.45) is 1.85. The number of aromatic amines is 1. The Hall–Kier alpha value is -2.15. The molecule has 0 radical (unpaired) electrons. The van der Waals surface area contributed by atoms with E-state index in [2.05, 4.69) is 20.7 Å². The summed E-state index contributed by atoms with van der Waals surface area (Å²) in [6, 6.07) is 3.23. The second-order valence-corrected chi connectivity index (χ2v) is 5.05. The number of amides is 1. The number of hydrogen-bond acceptors (Lipinski definition) is 4. The van der Waals surface area contributed by atoms with Gasteiger partial charge in [0.2, 0.25) is 5.56 Å². The largest absolute Gasteiger partial charge is 0.348 e. The van der Waals surface area contributed by atoms with Crippen LogP contribution in [0.1, 0.15) is 23.3 Å². The number of nitrogens with zero attached hydrogens (tertiary/aromatic N) is 2. The molecule has 1 aliphatic rings. The van der Waals surface area contributed by atoms with Crippen LogP contribution in [0.15, 0.2) is 16.9 Å². The molecule has 3 N–H and O–H groups in total. The Morgan fingerprint density at radius 2 is 2.15 bits per heavy atom. The van der Waals surface area contributed by atoms with Crippen molar-refractivity contribution < 1.29 is 4.79 Å². The van der Waals surface area contributed by atoms with Gasteiger partial charge in [0.05, 0.1) is 5.39 Å². The van der Waals surface area contributed by atoms with E-state index < -0.39 is 0 Å². The van der Waals surface area contributed by atoms with E-state index in [-0.39, 0.29) is 17.5 Å². The lowest BCUT2D eigenvalue weighted by Gasteiger charge is -2.23. The van der Waals surface area contributed by atoms with Gasteiger partial charge in [0, 0.05) is 19.2 Å². The molecule has 0 bridgehead atoms. The highest BCUT2D eigenvalue weighted by Crippen LogP contribution is 2.14. The number of nitrogens with one attached hydrogen (secondary N) is 3. The highest BCUT2D eigenvalue weighted by Gasteiger charge is 2.21. The Morgan fingerprint density at radius 1 is 1.40 bits per heavy atom. The van der Waals surface area contributed by atoms with Crippen molar-refractivity contribution in [3.05, 3.63) is 28.2 Å². The van der Waals surface area contributed by atoms with Gasteiger partial charge in [-0.15, -0.1) is 0 Å². The van der Waals surface area contributed by atoms with E-state index in [1.165, 1.54) is 10.7 Å². The monoisotopic (exact) mass is 275 g/mol. The van der Waals surface area contributed by atoms with Crippen LogP contribution >= 0.6 is 0 Å². The number of pyridine rings is 1. The molecule has 0 spiro atoms. The number of aromatic nitrogens is 3. The van der Waals surface area contributed by atoms with Crippen LogP contribution in [0.4, 0.5) is 0 Å². The Balaban J connectivity index is 1.89. The van der Waals surface area contributed by atoms with Gasteiger partial charge in [-0.1, -0.05) is 0 Å². The lowest BCUT2D eigenvalue weighted by molar-refractivity contribution is 0.0925. The number of H-pyrrole nitrogens is 1. The highest BCUT2D eigenvalue weighted by atomic mass is 16.2. The summed E-state index contributed by atoms with van der Waals surface area (Å²) >= 11 is 0. The summed E-state index contributed by atoms with van der Waals surface area (Å²) in [5.41, 5.74) is 0.719. The van der Waals surface area contributed by atoms with Crippen LogP contribution in [0.2, 0.25) is 0 Å². The third-order valence-electron chi connectivity index (χ3n) is 3.62. The van der Waals surface area contributed by atoms with Gasteiger partial charge in [0.15, 0.2) is 5.69 Å². The molecule has 1 aliphatic heterocycles.